The summed E-state index contributed by atoms with van der Waals surface area (Å²) in [6.07, 6.45) is 2.46. The van der Waals surface area contributed by atoms with Crippen molar-refractivity contribution in [3.63, 3.8) is 0 Å². The van der Waals surface area contributed by atoms with E-state index in [9.17, 15) is 0 Å². The highest BCUT2D eigenvalue weighted by molar-refractivity contribution is 5.84. The Kier molecular flexibility index (Phi) is 5.29. The fourth-order valence-corrected chi connectivity index (χ4v) is 1.03. The van der Waals surface area contributed by atoms with Gasteiger partial charge in [0.05, 0.1) is 12.4 Å². The van der Waals surface area contributed by atoms with Gasteiger partial charge in [0.1, 0.15) is 6.29 Å². The lowest BCUT2D eigenvalue weighted by Gasteiger charge is -2.02. The fraction of sp³-hybridized carbons (Fsp3) is 0.100. The molecule has 1 aromatic carbocycles. The Morgan fingerprint density at radius 1 is 1.06 bits per heavy atom. The van der Waals surface area contributed by atoms with E-state index in [1.165, 1.54) is 6.21 Å². The maximum Gasteiger partial charge on any atom is 0.211 e. The minimum absolute atomic E-state index is 0.0841. The highest BCUT2D eigenvalue weighted by Gasteiger charge is 1.90. The molecule has 0 radical (unpaired) electrons. The number of nitrogens with one attached hydrogen (secondary N) is 1. The third kappa shape index (κ3) is 5.58. The van der Waals surface area contributed by atoms with Crippen molar-refractivity contribution in [1.82, 2.24) is 5.43 Å². The van der Waals surface area contributed by atoms with Crippen LogP contribution < -0.4 is 28.4 Å². The Morgan fingerprint density at radius 3 is 2.11 bits per heavy atom. The van der Waals surface area contributed by atoms with Gasteiger partial charge < -0.3 is 11.5 Å². The Bertz CT molecular complexity index is 441. The molecule has 0 heterocycles. The van der Waals surface area contributed by atoms with Gasteiger partial charge in [-0.15, -0.1) is 5.10 Å². The molecule has 0 saturated carbocycles. The average Bonchev–Trinajstić information content (AvgIpc) is 2.30. The number of guanidine groups is 1. The minimum Gasteiger partial charge on any atom is -0.369 e. The summed E-state index contributed by atoms with van der Waals surface area (Å²) in [5, 5.41) is 11.0. The van der Waals surface area contributed by atoms with Gasteiger partial charge >= 0.3 is 0 Å². The zero-order valence-electron chi connectivity index (χ0n) is 9.69. The van der Waals surface area contributed by atoms with Crippen LogP contribution in [0.2, 0.25) is 0 Å². The second-order valence-corrected chi connectivity index (χ2v) is 3.35. The summed E-state index contributed by atoms with van der Waals surface area (Å²) in [4.78, 5) is 0. The van der Waals surface area contributed by atoms with Gasteiger partial charge in [-0.25, -0.2) is 0 Å². The van der Waals surface area contributed by atoms with Crippen LogP contribution in [0.4, 0.5) is 0 Å². The lowest BCUT2D eigenvalue weighted by molar-refractivity contribution is 0.573. The quantitative estimate of drug-likeness (QED) is 0.184. The largest absolute Gasteiger partial charge is 0.369 e. The van der Waals surface area contributed by atoms with Gasteiger partial charge in [-0.1, -0.05) is 24.3 Å². The van der Waals surface area contributed by atoms with Crippen LogP contribution >= 0.6 is 0 Å². The smallest absolute Gasteiger partial charge is 0.211 e. The van der Waals surface area contributed by atoms with Crippen molar-refractivity contribution >= 4 is 18.4 Å². The molecule has 0 aromatic heterocycles. The van der Waals surface area contributed by atoms with Crippen LogP contribution in [0, 0.1) is 0 Å². The average molecular weight is 248 g/mol. The van der Waals surface area contributed by atoms with E-state index in [1.807, 2.05) is 24.3 Å². The van der Waals surface area contributed by atoms with Crippen LogP contribution in [0.3, 0.4) is 0 Å². The Hall–Kier alpha value is -2.45. The number of nitrogens with two attached hydrogens (primary N) is 4. The molecule has 8 nitrogen and oxygen atoms in total. The van der Waals surface area contributed by atoms with E-state index < -0.39 is 6.29 Å². The zero-order chi connectivity index (χ0) is 13.4. The Morgan fingerprint density at radius 2 is 1.61 bits per heavy atom. The van der Waals surface area contributed by atoms with E-state index in [0.29, 0.717) is 0 Å². The highest BCUT2D eigenvalue weighted by Crippen LogP contribution is 2.00. The summed E-state index contributed by atoms with van der Waals surface area (Å²) in [6, 6.07) is 7.39. The second kappa shape index (κ2) is 6.99. The van der Waals surface area contributed by atoms with Crippen molar-refractivity contribution < 1.29 is 0 Å². The molecule has 1 aromatic rings. The molecular weight excluding hydrogens is 232 g/mol. The predicted molar refractivity (Wildman–Crippen MR) is 72.7 cm³/mol. The standard InChI is InChI=1S/C10H16N8/c11-9(12)17-15-5-7-1-2-8(4-3-7)6-16-18-10(13)14/h1-6,9,17H,11-12H2,(H4,13,14,18)/b15-5+,16-6+. The summed E-state index contributed by atoms with van der Waals surface area (Å²) in [6.45, 7) is 0. The van der Waals surface area contributed by atoms with Crippen molar-refractivity contribution in [2.45, 2.75) is 6.29 Å². The molecule has 0 spiro atoms. The molecule has 0 unspecified atom stereocenters. The van der Waals surface area contributed by atoms with Crippen LogP contribution in [-0.2, 0) is 0 Å². The summed E-state index contributed by atoms with van der Waals surface area (Å²) in [5.74, 6) is -0.0841. The molecular formula is C10H16N8. The van der Waals surface area contributed by atoms with E-state index in [1.54, 1.807) is 6.21 Å². The van der Waals surface area contributed by atoms with Crippen molar-refractivity contribution in [2.24, 2.45) is 38.2 Å². The number of hydrogen-bond acceptors (Lipinski definition) is 6. The first-order valence-corrected chi connectivity index (χ1v) is 5.10. The number of nitrogens with zero attached hydrogens (tertiary/aromatic N) is 3. The van der Waals surface area contributed by atoms with Crippen LogP contribution in [0.5, 0.6) is 0 Å². The monoisotopic (exact) mass is 248 g/mol. The van der Waals surface area contributed by atoms with E-state index in [2.05, 4.69) is 20.7 Å². The Labute approximate surface area is 104 Å². The van der Waals surface area contributed by atoms with Crippen molar-refractivity contribution in [3.8, 4) is 0 Å². The third-order valence-electron chi connectivity index (χ3n) is 1.75. The first-order valence-electron chi connectivity index (χ1n) is 5.10. The van der Waals surface area contributed by atoms with E-state index in [4.69, 9.17) is 22.9 Å². The summed E-state index contributed by atoms with van der Waals surface area (Å²) in [7, 11) is 0. The van der Waals surface area contributed by atoms with Crippen LogP contribution in [-0.4, -0.2) is 24.7 Å². The van der Waals surface area contributed by atoms with Crippen molar-refractivity contribution in [2.75, 3.05) is 0 Å². The van der Waals surface area contributed by atoms with Gasteiger partial charge in [0.2, 0.25) is 5.96 Å². The third-order valence-corrected chi connectivity index (χ3v) is 1.75. The lowest BCUT2D eigenvalue weighted by atomic mass is 10.2. The van der Waals surface area contributed by atoms with Gasteiger partial charge in [-0.3, -0.25) is 16.9 Å². The molecule has 9 N–H and O–H groups in total. The summed E-state index contributed by atoms with van der Waals surface area (Å²) >= 11 is 0. The molecule has 0 bridgehead atoms. The van der Waals surface area contributed by atoms with Gasteiger partial charge in [0.15, 0.2) is 0 Å². The molecule has 0 saturated heterocycles. The normalized spacial score (nSPS) is 11.3. The highest BCUT2D eigenvalue weighted by atomic mass is 15.4. The van der Waals surface area contributed by atoms with Gasteiger partial charge in [-0.05, 0) is 11.1 Å². The molecule has 0 fully saturated rings. The van der Waals surface area contributed by atoms with Gasteiger partial charge in [-0.2, -0.15) is 10.2 Å². The van der Waals surface area contributed by atoms with Crippen molar-refractivity contribution in [1.29, 1.82) is 0 Å². The zero-order valence-corrected chi connectivity index (χ0v) is 9.69. The van der Waals surface area contributed by atoms with Crippen LogP contribution in [0.1, 0.15) is 11.1 Å². The van der Waals surface area contributed by atoms with E-state index >= 15 is 0 Å². The fourth-order valence-electron chi connectivity index (χ4n) is 1.03. The van der Waals surface area contributed by atoms with Crippen molar-refractivity contribution in [3.05, 3.63) is 35.4 Å². The van der Waals surface area contributed by atoms with Crippen LogP contribution in [0.15, 0.2) is 39.6 Å². The number of hydrazone groups is 1. The first kappa shape index (κ1) is 13.6. The molecule has 96 valence electrons. The molecule has 1 rings (SSSR count). The molecule has 0 aliphatic carbocycles. The molecule has 0 aliphatic heterocycles. The van der Waals surface area contributed by atoms with E-state index in [0.717, 1.165) is 11.1 Å². The number of benzene rings is 1. The molecule has 0 atom stereocenters. The summed E-state index contributed by atoms with van der Waals surface area (Å²) in [5.41, 5.74) is 25.0. The number of rotatable bonds is 5. The molecule has 18 heavy (non-hydrogen) atoms. The topological polar surface area (TPSA) is 153 Å². The number of hydrogen-bond donors (Lipinski definition) is 5. The van der Waals surface area contributed by atoms with Gasteiger partial charge in [0.25, 0.3) is 0 Å². The summed E-state index contributed by atoms with van der Waals surface area (Å²) < 4.78 is 0. The first-order chi connectivity index (χ1) is 8.58. The lowest BCUT2D eigenvalue weighted by Crippen LogP contribution is -2.42. The Balaban J connectivity index is 2.60. The molecule has 8 heteroatoms. The minimum atomic E-state index is -0.674. The molecule has 0 amide bonds. The van der Waals surface area contributed by atoms with Crippen LogP contribution in [0.25, 0.3) is 0 Å². The van der Waals surface area contributed by atoms with E-state index in [-0.39, 0.29) is 5.96 Å². The molecule has 0 aliphatic rings. The second-order valence-electron chi connectivity index (χ2n) is 3.35. The maximum absolute atomic E-state index is 5.26. The maximum atomic E-state index is 5.26. The predicted octanol–water partition coefficient (Wildman–Crippen LogP) is -1.58. The van der Waals surface area contributed by atoms with Gasteiger partial charge in [0, 0.05) is 0 Å². The SMILES string of the molecule is NC(N)=N/N=C/c1ccc(/C=N/NC(N)N)cc1.